The number of carbonyl (C=O) groups excluding carboxylic acids is 2. The molecule has 2 bridgehead atoms. The smallest absolute Gasteiger partial charge is 0.309 e. The average Bonchev–Trinajstić information content (AvgIpc) is 3.03. The molecule has 3 aliphatic heterocycles. The minimum atomic E-state index is -1.35. The van der Waals surface area contributed by atoms with Crippen LogP contribution in [-0.4, -0.2) is 57.3 Å². The Morgan fingerprint density at radius 1 is 1.23 bits per heavy atom. The summed E-state index contributed by atoms with van der Waals surface area (Å²) in [5, 5.41) is 21.8. The van der Waals surface area contributed by atoms with Gasteiger partial charge >= 0.3 is 11.9 Å². The number of hydrogen-bond donors (Lipinski definition) is 2. The van der Waals surface area contributed by atoms with E-state index in [1.807, 2.05) is 27.7 Å². The summed E-state index contributed by atoms with van der Waals surface area (Å²) < 4.78 is 18.8. The minimum absolute atomic E-state index is 0.0179. The Kier molecular flexibility index (Phi) is 5.71. The second-order valence-corrected chi connectivity index (χ2v) is 11.1. The summed E-state index contributed by atoms with van der Waals surface area (Å²) in [5.74, 6) is -0.849. The first-order chi connectivity index (χ1) is 14.4. The van der Waals surface area contributed by atoms with Gasteiger partial charge in [-0.3, -0.25) is 9.59 Å². The highest BCUT2D eigenvalue weighted by atomic mass is 16.6. The van der Waals surface area contributed by atoms with Crippen LogP contribution in [-0.2, 0) is 23.8 Å². The summed E-state index contributed by atoms with van der Waals surface area (Å²) in [6.07, 6.45) is 1.73. The average molecular weight is 439 g/mol. The van der Waals surface area contributed by atoms with Crippen LogP contribution in [0.25, 0.3) is 0 Å². The molecular formula is C24H38O7. The Bertz CT molecular complexity index is 735. The summed E-state index contributed by atoms with van der Waals surface area (Å²) >= 11 is 0. The van der Waals surface area contributed by atoms with Crippen molar-refractivity contribution in [3.8, 4) is 0 Å². The van der Waals surface area contributed by atoms with Crippen molar-refractivity contribution < 1.29 is 34.0 Å². The normalized spacial score (nSPS) is 51.7. The van der Waals surface area contributed by atoms with E-state index in [9.17, 15) is 19.8 Å². The molecule has 7 nitrogen and oxygen atoms in total. The highest BCUT2D eigenvalue weighted by Gasteiger charge is 2.67. The van der Waals surface area contributed by atoms with Gasteiger partial charge in [0.05, 0.1) is 23.7 Å². The van der Waals surface area contributed by atoms with E-state index in [4.69, 9.17) is 14.2 Å². The van der Waals surface area contributed by atoms with Gasteiger partial charge in [0.1, 0.15) is 17.3 Å². The zero-order chi connectivity index (χ0) is 22.8. The highest BCUT2D eigenvalue weighted by molar-refractivity contribution is 5.73. The molecule has 7 heteroatoms. The zero-order valence-corrected chi connectivity index (χ0v) is 19.4. The lowest BCUT2D eigenvalue weighted by Gasteiger charge is -2.49. The molecule has 2 N–H and O–H groups in total. The Morgan fingerprint density at radius 3 is 2.61 bits per heavy atom. The molecule has 1 saturated carbocycles. The fourth-order valence-corrected chi connectivity index (χ4v) is 6.87. The molecule has 4 aliphatic rings. The van der Waals surface area contributed by atoms with Crippen molar-refractivity contribution in [2.24, 2.45) is 23.7 Å². The Balaban J connectivity index is 1.81. The molecule has 0 aromatic heterocycles. The SMILES string of the molecule is CCCC(=O)O[C@]1(C)CCC2[C@@H]3C4OC(C[C@@](C)(O)[C@H](O)CC[C@]4(C)OC(=O)[C@@H]2C)[C@@H]31. The van der Waals surface area contributed by atoms with Crippen LogP contribution in [0.1, 0.15) is 79.6 Å². The molecule has 0 aromatic carbocycles. The maximum absolute atomic E-state index is 13.0. The van der Waals surface area contributed by atoms with Crippen LogP contribution in [0.5, 0.6) is 0 Å². The van der Waals surface area contributed by atoms with Gasteiger partial charge in [-0.05, 0) is 58.8 Å². The van der Waals surface area contributed by atoms with Gasteiger partial charge in [0.15, 0.2) is 0 Å². The van der Waals surface area contributed by atoms with Crippen molar-refractivity contribution in [2.45, 2.75) is 115 Å². The van der Waals surface area contributed by atoms with E-state index in [-0.39, 0.29) is 48.1 Å². The first kappa shape index (κ1) is 23.0. The van der Waals surface area contributed by atoms with Crippen molar-refractivity contribution >= 4 is 11.9 Å². The monoisotopic (exact) mass is 438 g/mol. The number of fused-ring (bicyclic) bond motifs is 2. The first-order valence-corrected chi connectivity index (χ1v) is 11.9. The Morgan fingerprint density at radius 2 is 1.94 bits per heavy atom. The van der Waals surface area contributed by atoms with Crippen LogP contribution in [0.3, 0.4) is 0 Å². The van der Waals surface area contributed by atoms with E-state index >= 15 is 0 Å². The predicted octanol–water partition coefficient (Wildman–Crippen LogP) is 2.75. The number of carbonyl (C=O) groups is 2. The van der Waals surface area contributed by atoms with E-state index in [1.165, 1.54) is 0 Å². The fourth-order valence-electron chi connectivity index (χ4n) is 6.87. The third-order valence-electron chi connectivity index (χ3n) is 8.66. The summed E-state index contributed by atoms with van der Waals surface area (Å²) in [6, 6.07) is 0. The van der Waals surface area contributed by atoms with Crippen LogP contribution < -0.4 is 0 Å². The second kappa shape index (κ2) is 7.70. The molecule has 4 rings (SSSR count). The summed E-state index contributed by atoms with van der Waals surface area (Å²) in [4.78, 5) is 25.5. The molecule has 1 aliphatic carbocycles. The van der Waals surface area contributed by atoms with Crippen LogP contribution in [0, 0.1) is 23.7 Å². The van der Waals surface area contributed by atoms with Gasteiger partial charge in [-0.25, -0.2) is 0 Å². The summed E-state index contributed by atoms with van der Waals surface area (Å²) in [7, 11) is 0. The van der Waals surface area contributed by atoms with E-state index in [0.29, 0.717) is 32.1 Å². The highest BCUT2D eigenvalue weighted by Crippen LogP contribution is 2.60. The molecule has 10 atom stereocenters. The van der Waals surface area contributed by atoms with Crippen molar-refractivity contribution in [3.63, 3.8) is 0 Å². The van der Waals surface area contributed by atoms with Crippen molar-refractivity contribution in [1.82, 2.24) is 0 Å². The molecule has 3 unspecified atom stereocenters. The quantitative estimate of drug-likeness (QED) is 0.653. The molecule has 0 aromatic rings. The number of rotatable bonds is 3. The van der Waals surface area contributed by atoms with Crippen LogP contribution in [0.15, 0.2) is 0 Å². The Hall–Kier alpha value is -1.18. The predicted molar refractivity (Wildman–Crippen MR) is 112 cm³/mol. The minimum Gasteiger partial charge on any atom is -0.459 e. The van der Waals surface area contributed by atoms with E-state index in [1.54, 1.807) is 6.92 Å². The maximum atomic E-state index is 13.0. The lowest BCUT2D eigenvalue weighted by atomic mass is 9.57. The number of hydrogen-bond acceptors (Lipinski definition) is 7. The molecule has 31 heavy (non-hydrogen) atoms. The Labute approximate surface area is 184 Å². The third-order valence-corrected chi connectivity index (χ3v) is 8.66. The van der Waals surface area contributed by atoms with Gasteiger partial charge in [-0.15, -0.1) is 0 Å². The van der Waals surface area contributed by atoms with Gasteiger partial charge < -0.3 is 24.4 Å². The number of aliphatic hydroxyl groups is 2. The lowest BCUT2D eigenvalue weighted by molar-refractivity contribution is -0.183. The molecule has 176 valence electrons. The topological polar surface area (TPSA) is 102 Å². The molecule has 3 saturated heterocycles. The van der Waals surface area contributed by atoms with Gasteiger partial charge in [0, 0.05) is 24.7 Å². The number of ether oxygens (including phenoxy) is 3. The van der Waals surface area contributed by atoms with Gasteiger partial charge in [0.2, 0.25) is 0 Å². The summed E-state index contributed by atoms with van der Waals surface area (Å²) in [5.41, 5.74) is -2.99. The van der Waals surface area contributed by atoms with Crippen molar-refractivity contribution in [2.75, 3.05) is 0 Å². The van der Waals surface area contributed by atoms with Crippen LogP contribution >= 0.6 is 0 Å². The maximum Gasteiger partial charge on any atom is 0.309 e. The largest absolute Gasteiger partial charge is 0.459 e. The van der Waals surface area contributed by atoms with Crippen LogP contribution in [0.2, 0.25) is 0 Å². The zero-order valence-electron chi connectivity index (χ0n) is 19.4. The summed E-state index contributed by atoms with van der Waals surface area (Å²) in [6.45, 7) is 9.39. The lowest BCUT2D eigenvalue weighted by Crippen LogP contribution is -2.56. The number of esters is 2. The van der Waals surface area contributed by atoms with Crippen molar-refractivity contribution in [3.05, 3.63) is 0 Å². The van der Waals surface area contributed by atoms with Gasteiger partial charge in [0.25, 0.3) is 0 Å². The van der Waals surface area contributed by atoms with E-state index in [0.717, 1.165) is 6.42 Å². The van der Waals surface area contributed by atoms with Crippen molar-refractivity contribution in [1.29, 1.82) is 0 Å². The number of aliphatic hydroxyl groups excluding tert-OH is 1. The van der Waals surface area contributed by atoms with E-state index in [2.05, 4.69) is 0 Å². The molecule has 3 heterocycles. The molecule has 0 amide bonds. The molecule has 0 radical (unpaired) electrons. The van der Waals surface area contributed by atoms with Gasteiger partial charge in [-0.2, -0.15) is 0 Å². The van der Waals surface area contributed by atoms with E-state index < -0.39 is 29.0 Å². The second-order valence-electron chi connectivity index (χ2n) is 11.1. The third kappa shape index (κ3) is 3.70. The molecule has 4 fully saturated rings. The fraction of sp³-hybridized carbons (Fsp3) is 0.917. The standard InChI is InChI=1S/C24H38O7/c1-6-7-17(26)30-23(4)10-8-14-13(2)21(27)31-24(5)11-9-16(25)22(3,28)12-15-19(23)18(14)20(24)29-15/h13-16,18-20,25,28H,6-12H2,1-5H3/t13-,14?,15?,16-,18+,19+,20?,22-,23-,24+/m1/s1. The van der Waals surface area contributed by atoms with Crippen LogP contribution in [0.4, 0.5) is 0 Å². The first-order valence-electron chi connectivity index (χ1n) is 11.9. The molecule has 0 spiro atoms. The van der Waals surface area contributed by atoms with Gasteiger partial charge in [-0.1, -0.05) is 13.8 Å². The molecular weight excluding hydrogens is 400 g/mol.